The molecule has 0 unspecified atom stereocenters. The number of piperazine rings is 1. The van der Waals surface area contributed by atoms with Crippen LogP contribution in [0.2, 0.25) is 0 Å². The number of hydrogen-bond acceptors (Lipinski definition) is 4. The molecule has 3 aromatic rings. The number of rotatable bonds is 4. The molecular formula is C21H21FN4O2. The van der Waals surface area contributed by atoms with Gasteiger partial charge in [-0.05, 0) is 48.5 Å². The third kappa shape index (κ3) is 4.04. The van der Waals surface area contributed by atoms with Crippen molar-refractivity contribution in [3.63, 3.8) is 0 Å². The molecule has 1 aliphatic heterocycles. The summed E-state index contributed by atoms with van der Waals surface area (Å²) < 4.78 is 14.8. The van der Waals surface area contributed by atoms with Gasteiger partial charge in [-0.15, -0.1) is 0 Å². The Balaban J connectivity index is 1.33. The van der Waals surface area contributed by atoms with Crippen LogP contribution in [0.3, 0.4) is 0 Å². The van der Waals surface area contributed by atoms with Gasteiger partial charge in [-0.25, -0.2) is 9.07 Å². The Kier molecular flexibility index (Phi) is 5.08. The van der Waals surface area contributed by atoms with Gasteiger partial charge in [0.15, 0.2) is 0 Å². The first kappa shape index (κ1) is 18.2. The van der Waals surface area contributed by atoms with Crippen molar-refractivity contribution in [3.05, 3.63) is 77.9 Å². The van der Waals surface area contributed by atoms with Crippen LogP contribution in [0, 0.1) is 5.82 Å². The topological polar surface area (TPSA) is 61.6 Å². The van der Waals surface area contributed by atoms with Gasteiger partial charge in [-0.2, -0.15) is 5.10 Å². The van der Waals surface area contributed by atoms with Crippen molar-refractivity contribution in [2.75, 3.05) is 26.2 Å². The molecule has 6 nitrogen and oxygen atoms in total. The lowest BCUT2D eigenvalue weighted by Gasteiger charge is -2.34. The Morgan fingerprint density at radius 3 is 2.50 bits per heavy atom. The second-order valence-corrected chi connectivity index (χ2v) is 6.85. The molecular weight excluding hydrogens is 359 g/mol. The van der Waals surface area contributed by atoms with Crippen molar-refractivity contribution in [2.24, 2.45) is 0 Å². The van der Waals surface area contributed by atoms with Crippen LogP contribution in [0.25, 0.3) is 5.69 Å². The number of carbonyl (C=O) groups excluding carboxylic acids is 1. The largest absolute Gasteiger partial charge is 0.508 e. The van der Waals surface area contributed by atoms with Gasteiger partial charge in [0.05, 0.1) is 11.4 Å². The van der Waals surface area contributed by atoms with Gasteiger partial charge in [0, 0.05) is 44.5 Å². The molecule has 0 aliphatic carbocycles. The van der Waals surface area contributed by atoms with Gasteiger partial charge in [-0.3, -0.25) is 9.69 Å². The summed E-state index contributed by atoms with van der Waals surface area (Å²) in [5, 5.41) is 14.1. The van der Waals surface area contributed by atoms with Gasteiger partial charge < -0.3 is 10.0 Å². The molecule has 1 aromatic heterocycles. The van der Waals surface area contributed by atoms with E-state index in [-0.39, 0.29) is 17.5 Å². The van der Waals surface area contributed by atoms with E-state index in [1.54, 1.807) is 35.0 Å². The second-order valence-electron chi connectivity index (χ2n) is 6.85. The number of benzene rings is 2. The average Bonchev–Trinajstić information content (AvgIpc) is 3.17. The first-order chi connectivity index (χ1) is 13.6. The van der Waals surface area contributed by atoms with E-state index in [0.29, 0.717) is 25.2 Å². The predicted octanol–water partition coefficient (Wildman–Crippen LogP) is 2.68. The molecule has 2 heterocycles. The maximum atomic E-state index is 13.1. The first-order valence-corrected chi connectivity index (χ1v) is 9.20. The van der Waals surface area contributed by atoms with Crippen LogP contribution in [0.5, 0.6) is 5.75 Å². The monoisotopic (exact) mass is 380 g/mol. The molecule has 0 radical (unpaired) electrons. The molecule has 144 valence electrons. The molecule has 1 aliphatic rings. The smallest absolute Gasteiger partial charge is 0.254 e. The van der Waals surface area contributed by atoms with Gasteiger partial charge in [0.25, 0.3) is 5.91 Å². The standard InChI is InChI=1S/C21H21FN4O2/c22-17-4-6-19(7-5-17)26-9-8-18(23-26)15-24-10-12-25(13-11-24)21(28)16-2-1-3-20(27)14-16/h1-9,14,27H,10-13,15H2. The Labute approximate surface area is 162 Å². The fourth-order valence-corrected chi connectivity index (χ4v) is 3.34. The zero-order valence-corrected chi connectivity index (χ0v) is 15.3. The highest BCUT2D eigenvalue weighted by molar-refractivity contribution is 5.94. The van der Waals surface area contributed by atoms with Crippen LogP contribution in [0.1, 0.15) is 16.1 Å². The molecule has 0 atom stereocenters. The molecule has 1 saturated heterocycles. The van der Waals surface area contributed by atoms with Gasteiger partial charge in [-0.1, -0.05) is 6.07 Å². The van der Waals surface area contributed by atoms with E-state index in [0.717, 1.165) is 24.5 Å². The van der Waals surface area contributed by atoms with Gasteiger partial charge >= 0.3 is 0 Å². The predicted molar refractivity (Wildman–Crippen MR) is 103 cm³/mol. The third-order valence-corrected chi connectivity index (χ3v) is 4.87. The molecule has 0 bridgehead atoms. The Morgan fingerprint density at radius 1 is 1.04 bits per heavy atom. The highest BCUT2D eigenvalue weighted by Crippen LogP contribution is 2.16. The summed E-state index contributed by atoms with van der Waals surface area (Å²) in [5.41, 5.74) is 2.25. The van der Waals surface area contributed by atoms with Crippen molar-refractivity contribution in [1.29, 1.82) is 0 Å². The zero-order chi connectivity index (χ0) is 19.5. The molecule has 7 heteroatoms. The van der Waals surface area contributed by atoms with Crippen LogP contribution in [0.4, 0.5) is 4.39 Å². The summed E-state index contributed by atoms with van der Waals surface area (Å²) >= 11 is 0. The van der Waals surface area contributed by atoms with E-state index in [1.807, 2.05) is 17.2 Å². The molecule has 0 spiro atoms. The van der Waals surface area contributed by atoms with Crippen LogP contribution in [-0.2, 0) is 6.54 Å². The lowest BCUT2D eigenvalue weighted by molar-refractivity contribution is 0.0626. The molecule has 1 N–H and O–H groups in total. The van der Waals surface area contributed by atoms with E-state index in [2.05, 4.69) is 10.00 Å². The van der Waals surface area contributed by atoms with Gasteiger partial charge in [0.2, 0.25) is 0 Å². The van der Waals surface area contributed by atoms with E-state index in [1.165, 1.54) is 18.2 Å². The normalized spacial score (nSPS) is 15.0. The molecule has 1 fully saturated rings. The number of nitrogens with zero attached hydrogens (tertiary/aromatic N) is 4. The number of aromatic hydroxyl groups is 1. The quantitative estimate of drug-likeness (QED) is 0.756. The number of halogens is 1. The number of hydrogen-bond donors (Lipinski definition) is 1. The summed E-state index contributed by atoms with van der Waals surface area (Å²) in [5.74, 6) is -0.230. The minimum atomic E-state index is -0.269. The maximum Gasteiger partial charge on any atom is 0.254 e. The van der Waals surface area contributed by atoms with Crippen molar-refractivity contribution in [1.82, 2.24) is 19.6 Å². The molecule has 2 aromatic carbocycles. The molecule has 4 rings (SSSR count). The highest BCUT2D eigenvalue weighted by atomic mass is 19.1. The number of amides is 1. The van der Waals surface area contributed by atoms with E-state index in [4.69, 9.17) is 0 Å². The SMILES string of the molecule is O=C(c1cccc(O)c1)N1CCN(Cc2ccn(-c3ccc(F)cc3)n2)CC1. The first-order valence-electron chi connectivity index (χ1n) is 9.20. The molecule has 0 saturated carbocycles. The second kappa shape index (κ2) is 7.82. The summed E-state index contributed by atoms with van der Waals surface area (Å²) in [4.78, 5) is 16.6. The number of phenols is 1. The summed E-state index contributed by atoms with van der Waals surface area (Å²) in [6.07, 6.45) is 1.87. The van der Waals surface area contributed by atoms with Gasteiger partial charge in [0.1, 0.15) is 11.6 Å². The minimum Gasteiger partial charge on any atom is -0.508 e. The van der Waals surface area contributed by atoms with Crippen molar-refractivity contribution in [3.8, 4) is 11.4 Å². The number of phenolic OH excluding ortho intramolecular Hbond substituents is 1. The van der Waals surface area contributed by atoms with Crippen molar-refractivity contribution < 1.29 is 14.3 Å². The third-order valence-electron chi connectivity index (χ3n) is 4.87. The number of aromatic nitrogens is 2. The average molecular weight is 380 g/mol. The lowest BCUT2D eigenvalue weighted by Crippen LogP contribution is -2.48. The minimum absolute atomic E-state index is 0.0591. The van der Waals surface area contributed by atoms with E-state index < -0.39 is 0 Å². The Bertz CT molecular complexity index is 963. The summed E-state index contributed by atoms with van der Waals surface area (Å²) in [6, 6.07) is 14.6. The highest BCUT2D eigenvalue weighted by Gasteiger charge is 2.22. The summed E-state index contributed by atoms with van der Waals surface area (Å²) in [6.45, 7) is 3.48. The van der Waals surface area contributed by atoms with Crippen LogP contribution >= 0.6 is 0 Å². The summed E-state index contributed by atoms with van der Waals surface area (Å²) in [7, 11) is 0. The van der Waals surface area contributed by atoms with Crippen molar-refractivity contribution >= 4 is 5.91 Å². The van der Waals surface area contributed by atoms with Crippen LogP contribution in [-0.4, -0.2) is 56.8 Å². The molecule has 28 heavy (non-hydrogen) atoms. The Hall–Kier alpha value is -3.19. The fraction of sp³-hybridized carbons (Fsp3) is 0.238. The fourth-order valence-electron chi connectivity index (χ4n) is 3.34. The maximum absolute atomic E-state index is 13.1. The lowest BCUT2D eigenvalue weighted by atomic mass is 10.1. The van der Waals surface area contributed by atoms with Crippen LogP contribution in [0.15, 0.2) is 60.8 Å². The van der Waals surface area contributed by atoms with Crippen LogP contribution < -0.4 is 0 Å². The van der Waals surface area contributed by atoms with E-state index >= 15 is 0 Å². The van der Waals surface area contributed by atoms with Crippen molar-refractivity contribution in [2.45, 2.75) is 6.54 Å². The Morgan fingerprint density at radius 2 is 1.79 bits per heavy atom. The number of carbonyl (C=O) groups is 1. The zero-order valence-electron chi connectivity index (χ0n) is 15.3. The molecule has 1 amide bonds. The van der Waals surface area contributed by atoms with E-state index in [9.17, 15) is 14.3 Å².